The highest BCUT2D eigenvalue weighted by Gasteiger charge is 2.35. The zero-order chi connectivity index (χ0) is 14.8. The van der Waals surface area contributed by atoms with Gasteiger partial charge in [0.2, 0.25) is 0 Å². The van der Waals surface area contributed by atoms with Crippen molar-refractivity contribution in [2.75, 3.05) is 6.54 Å². The molecule has 4 nitrogen and oxygen atoms in total. The minimum absolute atomic E-state index is 0.146. The number of rotatable bonds is 2. The quantitative estimate of drug-likeness (QED) is 0.833. The summed E-state index contributed by atoms with van der Waals surface area (Å²) in [7, 11) is 0. The van der Waals surface area contributed by atoms with Crippen LogP contribution in [-0.2, 0) is 0 Å². The third-order valence-electron chi connectivity index (χ3n) is 5.11. The van der Waals surface area contributed by atoms with E-state index in [1.54, 1.807) is 0 Å². The van der Waals surface area contributed by atoms with Crippen LogP contribution in [0.3, 0.4) is 0 Å². The van der Waals surface area contributed by atoms with E-state index in [0.29, 0.717) is 17.8 Å². The number of amides is 1. The van der Waals surface area contributed by atoms with Crippen LogP contribution in [0, 0.1) is 5.92 Å². The maximum absolute atomic E-state index is 12.9. The highest BCUT2D eigenvalue weighted by molar-refractivity contribution is 5.92. The molecule has 3 rings (SSSR count). The molecule has 1 aromatic rings. The fourth-order valence-electron chi connectivity index (χ4n) is 3.93. The Balaban J connectivity index is 1.80. The number of fused-ring (bicyclic) bond motifs is 1. The summed E-state index contributed by atoms with van der Waals surface area (Å²) in [6.45, 7) is 5.09. The van der Waals surface area contributed by atoms with Crippen molar-refractivity contribution < 1.29 is 4.79 Å². The highest BCUT2D eigenvalue weighted by Crippen LogP contribution is 2.35. The predicted octanol–water partition coefficient (Wildman–Crippen LogP) is 3.65. The Hall–Kier alpha value is -1.32. The van der Waals surface area contributed by atoms with E-state index in [1.165, 1.54) is 38.5 Å². The number of hydrogen-bond acceptors (Lipinski definition) is 2. The van der Waals surface area contributed by atoms with Gasteiger partial charge in [-0.05, 0) is 51.5 Å². The summed E-state index contributed by atoms with van der Waals surface area (Å²) in [4.78, 5) is 15.0. The predicted molar refractivity (Wildman–Crippen MR) is 83.2 cm³/mol. The number of carbonyl (C=O) groups excluding carboxylic acids is 1. The molecule has 2 atom stereocenters. The van der Waals surface area contributed by atoms with Crippen LogP contribution in [0.1, 0.15) is 75.3 Å². The number of likely N-dealkylation sites (tertiary alicyclic amines) is 1. The molecule has 2 heterocycles. The molecule has 0 N–H and O–H groups in total. The van der Waals surface area contributed by atoms with Gasteiger partial charge in [0.05, 0.1) is 0 Å². The second-order valence-electron chi connectivity index (χ2n) is 6.88. The van der Waals surface area contributed by atoms with Crippen LogP contribution in [0.25, 0.3) is 0 Å². The van der Waals surface area contributed by atoms with E-state index >= 15 is 0 Å². The van der Waals surface area contributed by atoms with Crippen molar-refractivity contribution in [2.45, 2.75) is 70.9 Å². The minimum atomic E-state index is 0.146. The van der Waals surface area contributed by atoms with Crippen LogP contribution in [-0.4, -0.2) is 33.2 Å². The summed E-state index contributed by atoms with van der Waals surface area (Å²) in [5.41, 5.74) is 0.620. The first kappa shape index (κ1) is 14.6. The Morgan fingerprint density at radius 3 is 2.62 bits per heavy atom. The van der Waals surface area contributed by atoms with E-state index in [-0.39, 0.29) is 5.91 Å². The summed E-state index contributed by atoms with van der Waals surface area (Å²) in [5.74, 6) is 0.866. The molecule has 0 radical (unpaired) electrons. The zero-order valence-corrected chi connectivity index (χ0v) is 13.3. The Morgan fingerprint density at radius 2 is 1.90 bits per heavy atom. The lowest BCUT2D eigenvalue weighted by Gasteiger charge is -2.38. The second kappa shape index (κ2) is 6.20. The molecule has 1 saturated carbocycles. The molecular formula is C17H27N3O. The van der Waals surface area contributed by atoms with Gasteiger partial charge in [-0.2, -0.15) is 5.10 Å². The number of aromatic nitrogens is 2. The standard InChI is InChI=1S/C17H27N3O/c1-13(2)20-12-10-15(18-20)17(21)19-11-6-5-8-14-7-3-4-9-16(14)19/h10,12-14,16H,3-9,11H2,1-2H3/t14-,16+/m1/s1. The first-order valence-corrected chi connectivity index (χ1v) is 8.53. The van der Waals surface area contributed by atoms with Crippen LogP contribution in [0.5, 0.6) is 0 Å². The lowest BCUT2D eigenvalue weighted by molar-refractivity contribution is 0.0562. The normalized spacial score (nSPS) is 26.5. The van der Waals surface area contributed by atoms with Crippen molar-refractivity contribution in [3.63, 3.8) is 0 Å². The van der Waals surface area contributed by atoms with Crippen molar-refractivity contribution in [3.05, 3.63) is 18.0 Å². The summed E-state index contributed by atoms with van der Waals surface area (Å²) >= 11 is 0. The summed E-state index contributed by atoms with van der Waals surface area (Å²) in [5, 5.41) is 4.48. The maximum Gasteiger partial charge on any atom is 0.274 e. The molecule has 2 fully saturated rings. The SMILES string of the molecule is CC(C)n1ccc(C(=O)N2CCCC[C@H]3CCCC[C@@H]32)n1. The number of carbonyl (C=O) groups is 1. The smallest absolute Gasteiger partial charge is 0.274 e. The van der Waals surface area contributed by atoms with E-state index in [4.69, 9.17) is 0 Å². The van der Waals surface area contributed by atoms with Gasteiger partial charge in [-0.25, -0.2) is 0 Å². The van der Waals surface area contributed by atoms with Crippen molar-refractivity contribution in [3.8, 4) is 0 Å². The Bertz CT molecular complexity index is 494. The van der Waals surface area contributed by atoms with E-state index < -0.39 is 0 Å². The molecule has 0 bridgehead atoms. The Kier molecular flexibility index (Phi) is 4.32. The van der Waals surface area contributed by atoms with Crippen LogP contribution in [0.2, 0.25) is 0 Å². The third kappa shape index (κ3) is 2.99. The average Bonchev–Trinajstić information content (AvgIpc) is 2.88. The van der Waals surface area contributed by atoms with Gasteiger partial charge >= 0.3 is 0 Å². The van der Waals surface area contributed by atoms with Crippen LogP contribution in [0.4, 0.5) is 0 Å². The molecule has 1 aliphatic carbocycles. The van der Waals surface area contributed by atoms with Crippen molar-refractivity contribution in [1.29, 1.82) is 0 Å². The Morgan fingerprint density at radius 1 is 1.19 bits per heavy atom. The van der Waals surface area contributed by atoms with Gasteiger partial charge < -0.3 is 4.90 Å². The average molecular weight is 289 g/mol. The van der Waals surface area contributed by atoms with E-state index in [2.05, 4.69) is 23.8 Å². The zero-order valence-electron chi connectivity index (χ0n) is 13.3. The lowest BCUT2D eigenvalue weighted by Crippen LogP contribution is -2.45. The molecule has 1 aliphatic heterocycles. The van der Waals surface area contributed by atoms with Crippen molar-refractivity contribution in [2.24, 2.45) is 5.92 Å². The van der Waals surface area contributed by atoms with Crippen LogP contribution < -0.4 is 0 Å². The fourth-order valence-corrected chi connectivity index (χ4v) is 3.93. The first-order chi connectivity index (χ1) is 10.2. The molecule has 4 heteroatoms. The van der Waals surface area contributed by atoms with Gasteiger partial charge in [-0.3, -0.25) is 9.48 Å². The van der Waals surface area contributed by atoms with Crippen LogP contribution >= 0.6 is 0 Å². The second-order valence-corrected chi connectivity index (χ2v) is 6.88. The summed E-state index contributed by atoms with van der Waals surface area (Å²) in [6, 6.07) is 2.64. The highest BCUT2D eigenvalue weighted by atomic mass is 16.2. The van der Waals surface area contributed by atoms with Gasteiger partial charge in [0, 0.05) is 24.8 Å². The molecule has 116 valence electrons. The van der Waals surface area contributed by atoms with E-state index in [9.17, 15) is 4.79 Å². The molecular weight excluding hydrogens is 262 g/mol. The van der Waals surface area contributed by atoms with Crippen molar-refractivity contribution >= 4 is 5.91 Å². The third-order valence-corrected chi connectivity index (χ3v) is 5.11. The lowest BCUT2D eigenvalue weighted by atomic mass is 9.81. The minimum Gasteiger partial charge on any atom is -0.334 e. The fraction of sp³-hybridized carbons (Fsp3) is 0.765. The first-order valence-electron chi connectivity index (χ1n) is 8.53. The summed E-state index contributed by atoms with van der Waals surface area (Å²) < 4.78 is 1.88. The molecule has 1 saturated heterocycles. The topological polar surface area (TPSA) is 38.1 Å². The van der Waals surface area contributed by atoms with Crippen LogP contribution in [0.15, 0.2) is 12.3 Å². The van der Waals surface area contributed by atoms with Gasteiger partial charge in [-0.15, -0.1) is 0 Å². The van der Waals surface area contributed by atoms with Gasteiger partial charge in [-0.1, -0.05) is 19.3 Å². The van der Waals surface area contributed by atoms with Gasteiger partial charge in [0.15, 0.2) is 0 Å². The molecule has 2 aliphatic rings. The Labute approximate surface area is 127 Å². The number of nitrogens with zero attached hydrogens (tertiary/aromatic N) is 3. The monoisotopic (exact) mass is 289 g/mol. The molecule has 0 spiro atoms. The summed E-state index contributed by atoms with van der Waals surface area (Å²) in [6.07, 6.45) is 10.7. The molecule has 21 heavy (non-hydrogen) atoms. The number of hydrogen-bond donors (Lipinski definition) is 0. The van der Waals surface area contributed by atoms with Gasteiger partial charge in [0.25, 0.3) is 5.91 Å². The molecule has 1 amide bonds. The largest absolute Gasteiger partial charge is 0.334 e. The molecule has 0 unspecified atom stereocenters. The van der Waals surface area contributed by atoms with E-state index in [1.807, 2.05) is 16.9 Å². The van der Waals surface area contributed by atoms with Crippen molar-refractivity contribution in [1.82, 2.24) is 14.7 Å². The van der Waals surface area contributed by atoms with Gasteiger partial charge in [0.1, 0.15) is 5.69 Å². The maximum atomic E-state index is 12.9. The molecule has 0 aromatic carbocycles. The van der Waals surface area contributed by atoms with E-state index in [0.717, 1.165) is 18.9 Å². The molecule has 1 aromatic heterocycles.